The van der Waals surface area contributed by atoms with Crippen LogP contribution >= 0.6 is 0 Å². The van der Waals surface area contributed by atoms with Crippen molar-refractivity contribution in [1.82, 2.24) is 0 Å². The Morgan fingerprint density at radius 2 is 1.83 bits per heavy atom. The summed E-state index contributed by atoms with van der Waals surface area (Å²) in [7, 11) is 2.01. The SMILES string of the molecule is [C-]#[N+]c1c(-c2ccc(C)c[n+]2C)c(C)cc2c1oc1ccccc12. The highest BCUT2D eigenvalue weighted by molar-refractivity contribution is 6.12. The van der Waals surface area contributed by atoms with E-state index in [1.54, 1.807) is 0 Å². The smallest absolute Gasteiger partial charge is 0.243 e. The van der Waals surface area contributed by atoms with Crippen LogP contribution in [0, 0.1) is 20.4 Å². The number of hydrogen-bond acceptors (Lipinski definition) is 1. The quantitative estimate of drug-likeness (QED) is 0.347. The molecule has 24 heavy (non-hydrogen) atoms. The predicted molar refractivity (Wildman–Crippen MR) is 96.1 cm³/mol. The van der Waals surface area contributed by atoms with Gasteiger partial charge in [0.25, 0.3) is 0 Å². The minimum Gasteiger partial charge on any atom is -0.467 e. The summed E-state index contributed by atoms with van der Waals surface area (Å²) in [6.45, 7) is 11.9. The number of rotatable bonds is 1. The van der Waals surface area contributed by atoms with E-state index in [2.05, 4.69) is 47.7 Å². The van der Waals surface area contributed by atoms with Crippen molar-refractivity contribution in [3.05, 3.63) is 71.2 Å². The largest absolute Gasteiger partial charge is 0.467 e. The number of nitrogens with zero attached hydrogens (tertiary/aromatic N) is 2. The van der Waals surface area contributed by atoms with Gasteiger partial charge in [-0.15, -0.1) is 0 Å². The number of para-hydroxylation sites is 1. The summed E-state index contributed by atoms with van der Waals surface area (Å²) in [6, 6.07) is 14.2. The molecule has 0 saturated carbocycles. The molecule has 0 saturated heterocycles. The average Bonchev–Trinajstić information content (AvgIpc) is 2.93. The van der Waals surface area contributed by atoms with E-state index < -0.39 is 0 Å². The van der Waals surface area contributed by atoms with Crippen LogP contribution in [0.3, 0.4) is 0 Å². The third-order valence-corrected chi connectivity index (χ3v) is 4.49. The van der Waals surface area contributed by atoms with Crippen LogP contribution in [0.4, 0.5) is 5.69 Å². The van der Waals surface area contributed by atoms with Crippen LogP contribution in [-0.4, -0.2) is 0 Å². The molecule has 0 bridgehead atoms. The van der Waals surface area contributed by atoms with Gasteiger partial charge in [-0.3, -0.25) is 0 Å². The van der Waals surface area contributed by atoms with Crippen LogP contribution in [-0.2, 0) is 7.05 Å². The molecule has 4 aromatic rings. The summed E-state index contributed by atoms with van der Waals surface area (Å²) in [5.74, 6) is 0. The normalized spacial score (nSPS) is 11.1. The number of hydrogen-bond donors (Lipinski definition) is 0. The van der Waals surface area contributed by atoms with Gasteiger partial charge in [-0.1, -0.05) is 18.2 Å². The Labute approximate surface area is 140 Å². The molecule has 2 aromatic carbocycles. The first-order valence-corrected chi connectivity index (χ1v) is 7.89. The van der Waals surface area contributed by atoms with Crippen LogP contribution in [0.15, 0.2) is 53.1 Å². The number of pyridine rings is 1. The zero-order chi connectivity index (χ0) is 16.8. The number of furan rings is 1. The lowest BCUT2D eigenvalue weighted by Gasteiger charge is -2.08. The molecular weight excluding hydrogens is 296 g/mol. The lowest BCUT2D eigenvalue weighted by molar-refractivity contribution is -0.660. The maximum Gasteiger partial charge on any atom is 0.243 e. The highest BCUT2D eigenvalue weighted by atomic mass is 16.3. The van der Waals surface area contributed by atoms with Gasteiger partial charge in [0.05, 0.1) is 12.1 Å². The summed E-state index contributed by atoms with van der Waals surface area (Å²) in [5, 5.41) is 2.06. The van der Waals surface area contributed by atoms with Gasteiger partial charge in [-0.25, -0.2) is 9.41 Å². The Hall–Kier alpha value is -3.12. The maximum absolute atomic E-state index is 7.75. The monoisotopic (exact) mass is 313 g/mol. The second kappa shape index (κ2) is 5.21. The Balaban J connectivity index is 2.15. The number of fused-ring (bicyclic) bond motifs is 3. The van der Waals surface area contributed by atoms with Gasteiger partial charge >= 0.3 is 0 Å². The Bertz CT molecular complexity index is 1150. The first-order valence-electron chi connectivity index (χ1n) is 7.89. The molecule has 0 aliphatic carbocycles. The minimum absolute atomic E-state index is 0.584. The molecule has 2 heterocycles. The van der Waals surface area contributed by atoms with Gasteiger partial charge in [-0.2, -0.15) is 0 Å². The molecule has 0 fully saturated rings. The van der Waals surface area contributed by atoms with Crippen molar-refractivity contribution in [2.75, 3.05) is 0 Å². The van der Waals surface area contributed by atoms with Gasteiger partial charge in [-0.05, 0) is 37.6 Å². The molecule has 3 nitrogen and oxygen atoms in total. The van der Waals surface area contributed by atoms with Crippen molar-refractivity contribution >= 4 is 27.6 Å². The van der Waals surface area contributed by atoms with E-state index in [1.807, 2.05) is 31.3 Å². The van der Waals surface area contributed by atoms with Crippen LogP contribution in [0.1, 0.15) is 11.1 Å². The van der Waals surface area contributed by atoms with Crippen molar-refractivity contribution < 1.29 is 8.98 Å². The molecule has 4 rings (SSSR count). The van der Waals surface area contributed by atoms with Gasteiger partial charge < -0.3 is 4.42 Å². The van der Waals surface area contributed by atoms with E-state index in [4.69, 9.17) is 11.0 Å². The number of aromatic nitrogens is 1. The second-order valence-corrected chi connectivity index (χ2v) is 6.21. The fourth-order valence-electron chi connectivity index (χ4n) is 3.41. The molecule has 3 heteroatoms. The van der Waals surface area contributed by atoms with E-state index >= 15 is 0 Å². The zero-order valence-corrected chi connectivity index (χ0v) is 13.9. The lowest BCUT2D eigenvalue weighted by atomic mass is 9.98. The standard InChI is InChI=1S/C21H17N2O/c1-13-9-10-17(23(4)12-13)19-14(2)11-16-15-7-5-6-8-18(15)24-21(16)20(19)22-3/h5-12H,1-2,4H3/q+1. The predicted octanol–water partition coefficient (Wildman–Crippen LogP) is 5.25. The molecule has 2 aromatic heterocycles. The highest BCUT2D eigenvalue weighted by Gasteiger charge is 2.23. The topological polar surface area (TPSA) is 21.4 Å². The Kier molecular flexibility index (Phi) is 3.14. The number of aryl methyl sites for hydroxylation is 3. The van der Waals surface area contributed by atoms with E-state index in [0.29, 0.717) is 11.3 Å². The first kappa shape index (κ1) is 14.5. The van der Waals surface area contributed by atoms with Crippen LogP contribution in [0.5, 0.6) is 0 Å². The molecule has 0 amide bonds. The van der Waals surface area contributed by atoms with Crippen molar-refractivity contribution in [2.45, 2.75) is 13.8 Å². The zero-order valence-electron chi connectivity index (χ0n) is 13.9. The van der Waals surface area contributed by atoms with Crippen LogP contribution in [0.2, 0.25) is 0 Å². The van der Waals surface area contributed by atoms with E-state index in [0.717, 1.165) is 33.2 Å². The number of benzene rings is 2. The van der Waals surface area contributed by atoms with Crippen LogP contribution < -0.4 is 4.57 Å². The fraction of sp³-hybridized carbons (Fsp3) is 0.143. The summed E-state index contributed by atoms with van der Waals surface area (Å²) in [6.07, 6.45) is 2.07. The van der Waals surface area contributed by atoms with E-state index in [-0.39, 0.29) is 0 Å². The summed E-state index contributed by atoms with van der Waals surface area (Å²) in [5.41, 5.74) is 6.31. The molecule has 0 spiro atoms. The molecule has 116 valence electrons. The highest BCUT2D eigenvalue weighted by Crippen LogP contribution is 2.42. The van der Waals surface area contributed by atoms with Gasteiger partial charge in [0.15, 0.2) is 6.20 Å². The fourth-order valence-corrected chi connectivity index (χ4v) is 3.41. The molecule has 0 aliphatic heterocycles. The molecular formula is C21H17N2O+. The average molecular weight is 313 g/mol. The molecule has 0 unspecified atom stereocenters. The van der Waals surface area contributed by atoms with Crippen molar-refractivity contribution in [3.8, 4) is 11.3 Å². The van der Waals surface area contributed by atoms with Crippen molar-refractivity contribution in [1.29, 1.82) is 0 Å². The minimum atomic E-state index is 0.584. The summed E-state index contributed by atoms with van der Waals surface area (Å²) < 4.78 is 8.10. The van der Waals surface area contributed by atoms with E-state index in [9.17, 15) is 0 Å². The molecule has 0 aliphatic rings. The summed E-state index contributed by atoms with van der Waals surface area (Å²) >= 11 is 0. The molecule has 0 atom stereocenters. The van der Waals surface area contributed by atoms with Gasteiger partial charge in [0.2, 0.25) is 11.4 Å². The van der Waals surface area contributed by atoms with Gasteiger partial charge in [0, 0.05) is 22.4 Å². The van der Waals surface area contributed by atoms with Gasteiger partial charge in [0.1, 0.15) is 18.2 Å². The third kappa shape index (κ3) is 2.00. The Morgan fingerprint density at radius 3 is 2.58 bits per heavy atom. The Morgan fingerprint density at radius 1 is 1.04 bits per heavy atom. The molecule has 0 radical (unpaired) electrons. The molecule has 0 N–H and O–H groups in total. The third-order valence-electron chi connectivity index (χ3n) is 4.49. The maximum atomic E-state index is 7.75. The van der Waals surface area contributed by atoms with E-state index in [1.165, 1.54) is 5.56 Å². The van der Waals surface area contributed by atoms with Crippen molar-refractivity contribution in [2.24, 2.45) is 7.05 Å². The summed E-state index contributed by atoms with van der Waals surface area (Å²) in [4.78, 5) is 3.84. The lowest BCUT2D eigenvalue weighted by Crippen LogP contribution is -2.31. The van der Waals surface area contributed by atoms with Crippen LogP contribution in [0.25, 0.3) is 38.0 Å². The van der Waals surface area contributed by atoms with Crippen molar-refractivity contribution in [3.63, 3.8) is 0 Å². The second-order valence-electron chi connectivity index (χ2n) is 6.21. The first-order chi connectivity index (χ1) is 11.6.